The van der Waals surface area contributed by atoms with Gasteiger partial charge in [0.05, 0.1) is 18.2 Å². The third-order valence-corrected chi connectivity index (χ3v) is 1.66. The Kier molecular flexibility index (Phi) is 2.82. The number of nitrogens with one attached hydrogen (secondary N) is 1. The van der Waals surface area contributed by atoms with Gasteiger partial charge in [0, 0.05) is 6.54 Å². The molecule has 0 saturated heterocycles. The van der Waals surface area contributed by atoms with Crippen molar-refractivity contribution in [3.8, 4) is 6.07 Å². The number of rotatable bonds is 2. The highest BCUT2D eigenvalue weighted by atomic mass is 19.1. The van der Waals surface area contributed by atoms with Crippen molar-refractivity contribution in [1.82, 2.24) is 9.55 Å². The van der Waals surface area contributed by atoms with Crippen LogP contribution in [-0.4, -0.2) is 9.55 Å². The van der Waals surface area contributed by atoms with Gasteiger partial charge >= 0.3 is 5.69 Å². The van der Waals surface area contributed by atoms with Crippen molar-refractivity contribution in [2.45, 2.75) is 13.5 Å². The molecule has 1 rings (SSSR count). The lowest BCUT2D eigenvalue weighted by atomic mass is 10.2. The quantitative estimate of drug-likeness (QED) is 0.715. The van der Waals surface area contributed by atoms with Gasteiger partial charge in [0.25, 0.3) is 5.56 Å². The van der Waals surface area contributed by atoms with E-state index in [-0.39, 0.29) is 6.54 Å². The van der Waals surface area contributed by atoms with Crippen LogP contribution in [-0.2, 0) is 6.54 Å². The van der Waals surface area contributed by atoms with Gasteiger partial charge in [0.2, 0.25) is 5.82 Å². The minimum absolute atomic E-state index is 0.0586. The van der Waals surface area contributed by atoms with Gasteiger partial charge in [-0.2, -0.15) is 9.65 Å². The molecule has 0 bridgehead atoms. The molecule has 0 radical (unpaired) electrons. The Morgan fingerprint density at radius 3 is 2.93 bits per heavy atom. The maximum absolute atomic E-state index is 12.7. The van der Waals surface area contributed by atoms with Crippen LogP contribution in [0.1, 0.15) is 6.92 Å². The highest BCUT2D eigenvalue weighted by Gasteiger charge is 2.06. The summed E-state index contributed by atoms with van der Waals surface area (Å²) in [6.07, 6.45) is 0.801. The van der Waals surface area contributed by atoms with E-state index in [1.807, 2.05) is 6.07 Å². The zero-order valence-electron chi connectivity index (χ0n) is 7.45. The molecule has 6 heteroatoms. The van der Waals surface area contributed by atoms with Gasteiger partial charge in [-0.1, -0.05) is 0 Å². The van der Waals surface area contributed by atoms with E-state index in [2.05, 4.69) is 0 Å². The predicted molar refractivity (Wildman–Crippen MR) is 46.1 cm³/mol. The zero-order chi connectivity index (χ0) is 10.7. The van der Waals surface area contributed by atoms with E-state index >= 15 is 0 Å². The monoisotopic (exact) mass is 197 g/mol. The van der Waals surface area contributed by atoms with Gasteiger partial charge in [-0.3, -0.25) is 14.3 Å². The van der Waals surface area contributed by atoms with Crippen molar-refractivity contribution in [3.63, 3.8) is 0 Å². The zero-order valence-corrected chi connectivity index (χ0v) is 7.45. The summed E-state index contributed by atoms with van der Waals surface area (Å²) in [7, 11) is 0. The summed E-state index contributed by atoms with van der Waals surface area (Å²) < 4.78 is 13.7. The smallest absolute Gasteiger partial charge is 0.296 e. The first-order valence-electron chi connectivity index (χ1n) is 3.93. The normalized spacial score (nSPS) is 12.1. The number of halogens is 1. The van der Waals surface area contributed by atoms with Gasteiger partial charge in [0.1, 0.15) is 0 Å². The van der Waals surface area contributed by atoms with Crippen LogP contribution in [0.5, 0.6) is 0 Å². The fourth-order valence-corrected chi connectivity index (χ4v) is 0.954. The molecule has 1 N–H and O–H groups in total. The maximum Gasteiger partial charge on any atom is 0.328 e. The van der Waals surface area contributed by atoms with Crippen molar-refractivity contribution in [1.29, 1.82) is 5.26 Å². The number of hydrogen-bond acceptors (Lipinski definition) is 3. The van der Waals surface area contributed by atoms with Crippen molar-refractivity contribution in [2.24, 2.45) is 5.92 Å². The fourth-order valence-electron chi connectivity index (χ4n) is 0.954. The van der Waals surface area contributed by atoms with Crippen LogP contribution in [0.15, 0.2) is 15.8 Å². The molecule has 0 spiro atoms. The van der Waals surface area contributed by atoms with Crippen molar-refractivity contribution < 1.29 is 4.39 Å². The van der Waals surface area contributed by atoms with Crippen LogP contribution in [0.4, 0.5) is 4.39 Å². The summed E-state index contributed by atoms with van der Waals surface area (Å²) in [5.74, 6) is -1.45. The van der Waals surface area contributed by atoms with Crippen LogP contribution in [0.25, 0.3) is 0 Å². The molecular weight excluding hydrogens is 189 g/mol. The molecule has 14 heavy (non-hydrogen) atoms. The largest absolute Gasteiger partial charge is 0.328 e. The number of nitrogens with zero attached hydrogens (tertiary/aromatic N) is 2. The van der Waals surface area contributed by atoms with Crippen LogP contribution in [0, 0.1) is 23.1 Å². The van der Waals surface area contributed by atoms with E-state index in [0.717, 1.165) is 10.8 Å². The minimum Gasteiger partial charge on any atom is -0.296 e. The van der Waals surface area contributed by atoms with E-state index in [1.54, 1.807) is 11.9 Å². The minimum atomic E-state index is -1.05. The second kappa shape index (κ2) is 3.87. The van der Waals surface area contributed by atoms with Crippen molar-refractivity contribution in [2.75, 3.05) is 0 Å². The Morgan fingerprint density at radius 1 is 1.71 bits per heavy atom. The Balaban J connectivity index is 3.12. The molecule has 74 valence electrons. The molecule has 0 aromatic carbocycles. The lowest BCUT2D eigenvalue weighted by molar-refractivity contribution is 0.511. The van der Waals surface area contributed by atoms with E-state index in [9.17, 15) is 14.0 Å². The Hall–Kier alpha value is -1.90. The number of aromatic nitrogens is 2. The summed E-state index contributed by atoms with van der Waals surface area (Å²) in [6.45, 7) is 1.65. The summed E-state index contributed by atoms with van der Waals surface area (Å²) in [5, 5.41) is 8.48. The molecular formula is C8H8FN3O2. The molecule has 1 aromatic heterocycles. The summed E-state index contributed by atoms with van der Waals surface area (Å²) in [6, 6.07) is 1.90. The summed E-state index contributed by atoms with van der Waals surface area (Å²) in [4.78, 5) is 23.5. The van der Waals surface area contributed by atoms with Crippen LogP contribution in [0.3, 0.4) is 0 Å². The van der Waals surface area contributed by atoms with Gasteiger partial charge in [-0.05, 0) is 6.92 Å². The van der Waals surface area contributed by atoms with E-state index in [0.29, 0.717) is 0 Å². The lowest BCUT2D eigenvalue weighted by Gasteiger charge is -2.05. The molecule has 1 aromatic rings. The second-order valence-electron chi connectivity index (χ2n) is 2.92. The highest BCUT2D eigenvalue weighted by molar-refractivity contribution is 4.89. The molecule has 1 heterocycles. The molecule has 0 fully saturated rings. The first kappa shape index (κ1) is 10.2. The van der Waals surface area contributed by atoms with Gasteiger partial charge < -0.3 is 0 Å². The number of nitriles is 1. The Labute approximate surface area is 78.4 Å². The SMILES string of the molecule is CC(C#N)Cn1cc(F)c(=O)[nH]c1=O. The molecule has 0 aliphatic heterocycles. The van der Waals surface area contributed by atoms with Crippen LogP contribution in [0.2, 0.25) is 0 Å². The molecule has 0 amide bonds. The van der Waals surface area contributed by atoms with E-state index < -0.39 is 23.0 Å². The topological polar surface area (TPSA) is 78.7 Å². The molecule has 0 aliphatic carbocycles. The number of hydrogen-bond donors (Lipinski definition) is 1. The van der Waals surface area contributed by atoms with Gasteiger partial charge in [-0.25, -0.2) is 4.79 Å². The van der Waals surface area contributed by atoms with E-state index in [4.69, 9.17) is 5.26 Å². The summed E-state index contributed by atoms with van der Waals surface area (Å²) in [5.41, 5.74) is -1.76. The van der Waals surface area contributed by atoms with Crippen LogP contribution < -0.4 is 11.2 Å². The standard InChI is InChI=1S/C8H8FN3O2/c1-5(2-10)3-12-4-6(9)7(13)11-8(12)14/h4-5H,3H2,1H3,(H,11,13,14). The highest BCUT2D eigenvalue weighted by Crippen LogP contribution is 1.95. The van der Waals surface area contributed by atoms with Crippen molar-refractivity contribution in [3.05, 3.63) is 32.9 Å². The Bertz CT molecular complexity index is 483. The lowest BCUT2D eigenvalue weighted by Crippen LogP contribution is -2.32. The predicted octanol–water partition coefficient (Wildman–Crippen LogP) is -0.165. The second-order valence-corrected chi connectivity index (χ2v) is 2.92. The van der Waals surface area contributed by atoms with Gasteiger partial charge in [0.15, 0.2) is 0 Å². The molecule has 1 atom stereocenters. The maximum atomic E-state index is 12.7. The third-order valence-electron chi connectivity index (χ3n) is 1.66. The average Bonchev–Trinajstić information content (AvgIpc) is 2.14. The average molecular weight is 197 g/mol. The molecule has 5 nitrogen and oxygen atoms in total. The van der Waals surface area contributed by atoms with Gasteiger partial charge in [-0.15, -0.1) is 0 Å². The Morgan fingerprint density at radius 2 is 2.36 bits per heavy atom. The summed E-state index contributed by atoms with van der Waals surface area (Å²) >= 11 is 0. The first-order chi connectivity index (χ1) is 6.54. The van der Waals surface area contributed by atoms with E-state index in [1.165, 1.54) is 0 Å². The molecule has 1 unspecified atom stereocenters. The fraction of sp³-hybridized carbons (Fsp3) is 0.375. The third kappa shape index (κ3) is 2.07. The number of H-pyrrole nitrogens is 1. The van der Waals surface area contributed by atoms with Crippen LogP contribution >= 0.6 is 0 Å². The molecule has 0 saturated carbocycles. The molecule has 0 aliphatic rings. The first-order valence-corrected chi connectivity index (χ1v) is 3.93. The van der Waals surface area contributed by atoms with Crippen molar-refractivity contribution >= 4 is 0 Å². The number of aromatic amines is 1.